The van der Waals surface area contributed by atoms with Crippen molar-refractivity contribution in [2.24, 2.45) is 0 Å². The average molecular weight is 390 g/mol. The number of fused-ring (bicyclic) bond motifs is 1. The Morgan fingerprint density at radius 3 is 2.69 bits per heavy atom. The standard InChI is InChI=1S/C23H22N2O4/c1-16(18-7-3-2-4-8-18)24-23(26)25-19-9-5-6-17(12-19)14-27-20-10-11-21-22(13-20)29-15-28-21/h2-13,16H,14-15H2,1H3,(H2,24,25,26). The minimum absolute atomic E-state index is 0.0891. The SMILES string of the molecule is CC(NC(=O)Nc1cccc(COc2ccc3c(c2)OCO3)c1)c1ccccc1. The van der Waals surface area contributed by atoms with Crippen molar-refractivity contribution in [1.82, 2.24) is 5.32 Å². The monoisotopic (exact) mass is 390 g/mol. The quantitative estimate of drug-likeness (QED) is 0.630. The fraction of sp³-hybridized carbons (Fsp3) is 0.174. The molecule has 0 radical (unpaired) electrons. The van der Waals surface area contributed by atoms with Gasteiger partial charge in [-0.1, -0.05) is 42.5 Å². The zero-order valence-corrected chi connectivity index (χ0v) is 16.1. The maximum absolute atomic E-state index is 12.3. The Balaban J connectivity index is 1.33. The molecule has 0 bridgehead atoms. The van der Waals surface area contributed by atoms with Crippen LogP contribution in [0.4, 0.5) is 10.5 Å². The fourth-order valence-corrected chi connectivity index (χ4v) is 3.06. The van der Waals surface area contributed by atoms with Crippen LogP contribution in [0.15, 0.2) is 72.8 Å². The maximum atomic E-state index is 12.3. The lowest BCUT2D eigenvalue weighted by Gasteiger charge is -2.15. The number of ether oxygens (including phenoxy) is 3. The molecule has 0 aliphatic carbocycles. The van der Waals surface area contributed by atoms with Crippen molar-refractivity contribution in [3.63, 3.8) is 0 Å². The molecule has 1 heterocycles. The maximum Gasteiger partial charge on any atom is 0.319 e. The minimum atomic E-state index is -0.254. The van der Waals surface area contributed by atoms with Crippen LogP contribution in [0.25, 0.3) is 0 Å². The van der Waals surface area contributed by atoms with Crippen LogP contribution >= 0.6 is 0 Å². The summed E-state index contributed by atoms with van der Waals surface area (Å²) < 4.78 is 16.5. The first kappa shape index (κ1) is 18.7. The summed E-state index contributed by atoms with van der Waals surface area (Å²) in [4.78, 5) is 12.3. The van der Waals surface area contributed by atoms with E-state index in [1.807, 2.05) is 79.7 Å². The molecular weight excluding hydrogens is 368 g/mol. The number of anilines is 1. The van der Waals surface area contributed by atoms with Gasteiger partial charge in [0, 0.05) is 11.8 Å². The summed E-state index contributed by atoms with van der Waals surface area (Å²) in [5, 5.41) is 5.81. The third-order valence-electron chi connectivity index (χ3n) is 4.58. The van der Waals surface area contributed by atoms with E-state index >= 15 is 0 Å². The summed E-state index contributed by atoms with van der Waals surface area (Å²) in [6.45, 7) is 2.55. The van der Waals surface area contributed by atoms with Gasteiger partial charge in [-0.05, 0) is 42.3 Å². The van der Waals surface area contributed by atoms with Crippen LogP contribution in [-0.4, -0.2) is 12.8 Å². The molecule has 0 aromatic heterocycles. The number of hydrogen-bond donors (Lipinski definition) is 2. The predicted octanol–water partition coefficient (Wildman–Crippen LogP) is 4.88. The first-order valence-electron chi connectivity index (χ1n) is 9.41. The first-order chi connectivity index (χ1) is 14.2. The van der Waals surface area contributed by atoms with Crippen LogP contribution in [0.2, 0.25) is 0 Å². The normalized spacial score (nSPS) is 12.9. The molecule has 3 aromatic rings. The Bertz CT molecular complexity index is 991. The lowest BCUT2D eigenvalue weighted by atomic mass is 10.1. The second-order valence-corrected chi connectivity index (χ2v) is 6.73. The van der Waals surface area contributed by atoms with Crippen molar-refractivity contribution in [3.05, 3.63) is 83.9 Å². The van der Waals surface area contributed by atoms with Crippen molar-refractivity contribution in [2.45, 2.75) is 19.6 Å². The Morgan fingerprint density at radius 2 is 1.83 bits per heavy atom. The highest BCUT2D eigenvalue weighted by atomic mass is 16.7. The van der Waals surface area contributed by atoms with Crippen molar-refractivity contribution < 1.29 is 19.0 Å². The van der Waals surface area contributed by atoms with Gasteiger partial charge in [0.05, 0.1) is 6.04 Å². The molecule has 6 nitrogen and oxygen atoms in total. The van der Waals surface area contributed by atoms with Gasteiger partial charge >= 0.3 is 6.03 Å². The van der Waals surface area contributed by atoms with Gasteiger partial charge in [0.25, 0.3) is 0 Å². The Kier molecular flexibility index (Phi) is 5.52. The number of hydrogen-bond acceptors (Lipinski definition) is 4. The molecule has 3 aromatic carbocycles. The summed E-state index contributed by atoms with van der Waals surface area (Å²) in [5.74, 6) is 2.10. The van der Waals surface area contributed by atoms with E-state index in [1.165, 1.54) is 0 Å². The largest absolute Gasteiger partial charge is 0.489 e. The van der Waals surface area contributed by atoms with Crippen molar-refractivity contribution >= 4 is 11.7 Å². The molecule has 6 heteroatoms. The van der Waals surface area contributed by atoms with E-state index in [0.717, 1.165) is 16.9 Å². The molecule has 2 N–H and O–H groups in total. The van der Waals surface area contributed by atoms with E-state index in [4.69, 9.17) is 14.2 Å². The molecule has 2 amide bonds. The summed E-state index contributed by atoms with van der Waals surface area (Å²) >= 11 is 0. The van der Waals surface area contributed by atoms with Gasteiger partial charge in [0.2, 0.25) is 6.79 Å². The smallest absolute Gasteiger partial charge is 0.319 e. The second-order valence-electron chi connectivity index (χ2n) is 6.73. The molecule has 1 unspecified atom stereocenters. The number of nitrogens with one attached hydrogen (secondary N) is 2. The zero-order chi connectivity index (χ0) is 20.1. The molecule has 0 spiro atoms. The number of rotatable bonds is 6. The van der Waals surface area contributed by atoms with Crippen molar-refractivity contribution in [3.8, 4) is 17.2 Å². The Morgan fingerprint density at radius 1 is 1.00 bits per heavy atom. The molecule has 0 saturated heterocycles. The first-order valence-corrected chi connectivity index (χ1v) is 9.41. The van der Waals surface area contributed by atoms with E-state index in [9.17, 15) is 4.79 Å². The van der Waals surface area contributed by atoms with Crippen LogP contribution in [0, 0.1) is 0 Å². The third kappa shape index (κ3) is 4.79. The van der Waals surface area contributed by atoms with E-state index in [2.05, 4.69) is 10.6 Å². The van der Waals surface area contributed by atoms with Gasteiger partial charge in [0.15, 0.2) is 11.5 Å². The third-order valence-corrected chi connectivity index (χ3v) is 4.58. The molecule has 29 heavy (non-hydrogen) atoms. The van der Waals surface area contributed by atoms with Gasteiger partial charge in [-0.3, -0.25) is 0 Å². The number of carbonyl (C=O) groups is 1. The van der Waals surface area contributed by atoms with Crippen LogP contribution < -0.4 is 24.8 Å². The van der Waals surface area contributed by atoms with E-state index in [0.29, 0.717) is 23.8 Å². The predicted molar refractivity (Wildman–Crippen MR) is 110 cm³/mol. The number of carbonyl (C=O) groups excluding carboxylic acids is 1. The summed E-state index contributed by atoms with van der Waals surface area (Å²) in [7, 11) is 0. The van der Waals surface area contributed by atoms with E-state index < -0.39 is 0 Å². The molecule has 0 fully saturated rings. The molecule has 1 aliphatic rings. The highest BCUT2D eigenvalue weighted by Crippen LogP contribution is 2.35. The van der Waals surface area contributed by atoms with Gasteiger partial charge in [-0.2, -0.15) is 0 Å². The highest BCUT2D eigenvalue weighted by Gasteiger charge is 2.14. The number of benzene rings is 3. The molecule has 0 saturated carbocycles. The summed E-state index contributed by atoms with van der Waals surface area (Å²) in [6.07, 6.45) is 0. The van der Waals surface area contributed by atoms with E-state index in [-0.39, 0.29) is 18.9 Å². The average Bonchev–Trinajstić information content (AvgIpc) is 3.21. The second kappa shape index (κ2) is 8.56. The van der Waals surface area contributed by atoms with Crippen LogP contribution in [0.3, 0.4) is 0 Å². The van der Waals surface area contributed by atoms with Gasteiger partial charge in [-0.15, -0.1) is 0 Å². The van der Waals surface area contributed by atoms with Crippen LogP contribution in [0.1, 0.15) is 24.1 Å². The summed E-state index contributed by atoms with van der Waals surface area (Å²) in [6, 6.07) is 22.5. The van der Waals surface area contributed by atoms with Crippen molar-refractivity contribution in [1.29, 1.82) is 0 Å². The van der Waals surface area contributed by atoms with Crippen LogP contribution in [-0.2, 0) is 6.61 Å². The molecule has 1 atom stereocenters. The van der Waals surface area contributed by atoms with Gasteiger partial charge in [-0.25, -0.2) is 4.79 Å². The Labute approximate surface area is 169 Å². The Hall–Kier alpha value is -3.67. The molecule has 1 aliphatic heterocycles. The van der Waals surface area contributed by atoms with Crippen LogP contribution in [0.5, 0.6) is 17.2 Å². The minimum Gasteiger partial charge on any atom is -0.489 e. The number of urea groups is 1. The molecular formula is C23H22N2O4. The van der Waals surface area contributed by atoms with Gasteiger partial charge < -0.3 is 24.8 Å². The van der Waals surface area contributed by atoms with Gasteiger partial charge in [0.1, 0.15) is 12.4 Å². The lowest BCUT2D eigenvalue weighted by Crippen LogP contribution is -2.31. The highest BCUT2D eigenvalue weighted by molar-refractivity contribution is 5.89. The molecule has 148 valence electrons. The molecule has 4 rings (SSSR count). The summed E-state index contributed by atoms with van der Waals surface area (Å²) in [5.41, 5.74) is 2.69. The van der Waals surface area contributed by atoms with E-state index in [1.54, 1.807) is 0 Å². The lowest BCUT2D eigenvalue weighted by molar-refractivity contribution is 0.173. The topological polar surface area (TPSA) is 68.8 Å². The number of amides is 2. The zero-order valence-electron chi connectivity index (χ0n) is 16.1. The van der Waals surface area contributed by atoms with Crippen molar-refractivity contribution in [2.75, 3.05) is 12.1 Å². The fourth-order valence-electron chi connectivity index (χ4n) is 3.06.